The first-order valence-corrected chi connectivity index (χ1v) is 11.3. The van der Waals surface area contributed by atoms with Crippen molar-refractivity contribution >= 4 is 45.8 Å². The van der Waals surface area contributed by atoms with E-state index in [9.17, 15) is 9.59 Å². The van der Waals surface area contributed by atoms with Gasteiger partial charge in [0.25, 0.3) is 5.91 Å². The molecule has 0 saturated carbocycles. The molecule has 1 unspecified atom stereocenters. The quantitative estimate of drug-likeness (QED) is 0.327. The summed E-state index contributed by atoms with van der Waals surface area (Å²) in [6.07, 6.45) is 0. The average Bonchev–Trinajstić information content (AvgIpc) is 3.12. The highest BCUT2D eigenvalue weighted by molar-refractivity contribution is 6.32. The number of nitrogens with zero attached hydrogens (tertiary/aromatic N) is 1. The Morgan fingerprint density at radius 2 is 1.85 bits per heavy atom. The number of amides is 1. The third kappa shape index (κ3) is 3.59. The Bertz CT molecular complexity index is 1500. The minimum Gasteiger partial charge on any atom is -0.495 e. The number of hydrogen-bond acceptors (Lipinski definition) is 5. The summed E-state index contributed by atoms with van der Waals surface area (Å²) in [5, 5.41) is 1.04. The van der Waals surface area contributed by atoms with Crippen LogP contribution in [0.4, 0.5) is 5.69 Å². The zero-order valence-corrected chi connectivity index (χ0v) is 19.8. The average molecular weight is 496 g/mol. The van der Waals surface area contributed by atoms with Gasteiger partial charge in [-0.1, -0.05) is 35.3 Å². The smallest absolute Gasteiger partial charge is 0.295 e. The van der Waals surface area contributed by atoms with Crippen LogP contribution in [0.5, 0.6) is 11.5 Å². The largest absolute Gasteiger partial charge is 0.495 e. The molecule has 0 spiro atoms. The summed E-state index contributed by atoms with van der Waals surface area (Å²) >= 11 is 12.5. The first-order chi connectivity index (χ1) is 16.4. The molecule has 1 aromatic heterocycles. The Morgan fingerprint density at radius 1 is 1.03 bits per heavy atom. The van der Waals surface area contributed by atoms with Crippen molar-refractivity contribution in [1.82, 2.24) is 0 Å². The molecule has 0 fully saturated rings. The van der Waals surface area contributed by atoms with Crippen molar-refractivity contribution < 1.29 is 18.7 Å². The number of hydrogen-bond donors (Lipinski definition) is 0. The van der Waals surface area contributed by atoms with E-state index in [2.05, 4.69) is 0 Å². The fourth-order valence-electron chi connectivity index (χ4n) is 4.27. The van der Waals surface area contributed by atoms with E-state index in [0.29, 0.717) is 44.8 Å². The molecule has 8 heteroatoms. The number of halogens is 2. The third-order valence-corrected chi connectivity index (χ3v) is 6.26. The lowest BCUT2D eigenvalue weighted by molar-refractivity contribution is 0.0971. The summed E-state index contributed by atoms with van der Waals surface area (Å²) in [5.41, 5.74) is 1.40. The number of carbonyl (C=O) groups excluding carboxylic acids is 1. The van der Waals surface area contributed by atoms with Crippen molar-refractivity contribution in [3.05, 3.63) is 97.8 Å². The Balaban J connectivity index is 1.78. The number of ether oxygens (including phenoxy) is 2. The number of fused-ring (bicyclic) bond motifs is 2. The van der Waals surface area contributed by atoms with Gasteiger partial charge < -0.3 is 13.9 Å². The highest BCUT2D eigenvalue weighted by Gasteiger charge is 2.44. The second kappa shape index (κ2) is 8.70. The standard InChI is InChI=1S/C26H19Cl2NO5/c1-3-33-17-6-4-5-14(11-17)23-22-24(30)18-12-15(27)7-9-20(18)34-25(22)26(31)29(23)16-8-10-21(32-2)19(28)13-16/h4-13,23H,3H2,1-2H3. The van der Waals surface area contributed by atoms with E-state index < -0.39 is 11.9 Å². The fourth-order valence-corrected chi connectivity index (χ4v) is 4.70. The van der Waals surface area contributed by atoms with Gasteiger partial charge in [0.2, 0.25) is 5.76 Å². The predicted molar refractivity (Wildman–Crippen MR) is 132 cm³/mol. The number of anilines is 1. The summed E-state index contributed by atoms with van der Waals surface area (Å²) in [7, 11) is 1.51. The molecule has 4 aromatic rings. The second-order valence-corrected chi connectivity index (χ2v) is 8.56. The van der Waals surface area contributed by atoms with Gasteiger partial charge in [0.15, 0.2) is 5.43 Å². The molecule has 1 aliphatic rings. The SMILES string of the molecule is CCOc1cccc(C2c3c(oc4ccc(Cl)cc4c3=O)C(=O)N2c2ccc(OC)c(Cl)c2)c1. The maximum absolute atomic E-state index is 13.7. The van der Waals surface area contributed by atoms with Crippen molar-refractivity contribution in [2.75, 3.05) is 18.6 Å². The molecular weight excluding hydrogens is 477 g/mol. The zero-order valence-electron chi connectivity index (χ0n) is 18.3. The van der Waals surface area contributed by atoms with E-state index in [1.165, 1.54) is 12.0 Å². The predicted octanol–water partition coefficient (Wildman–Crippen LogP) is 6.26. The van der Waals surface area contributed by atoms with Crippen LogP contribution < -0.4 is 19.8 Å². The van der Waals surface area contributed by atoms with Crippen LogP contribution in [0.1, 0.15) is 34.6 Å². The molecule has 172 valence electrons. The number of methoxy groups -OCH3 is 1. The monoisotopic (exact) mass is 495 g/mol. The van der Waals surface area contributed by atoms with E-state index in [1.54, 1.807) is 36.4 Å². The van der Waals surface area contributed by atoms with Gasteiger partial charge in [0, 0.05) is 10.7 Å². The Kier molecular flexibility index (Phi) is 5.71. The summed E-state index contributed by atoms with van der Waals surface area (Å²) in [5.74, 6) is 0.636. The molecule has 6 nitrogen and oxygen atoms in total. The van der Waals surface area contributed by atoms with E-state index in [-0.39, 0.29) is 22.3 Å². The molecule has 0 N–H and O–H groups in total. The van der Waals surface area contributed by atoms with Gasteiger partial charge in [-0.05, 0) is 61.0 Å². The molecule has 34 heavy (non-hydrogen) atoms. The van der Waals surface area contributed by atoms with Gasteiger partial charge in [-0.25, -0.2) is 0 Å². The van der Waals surface area contributed by atoms with Crippen LogP contribution in [-0.2, 0) is 0 Å². The lowest BCUT2D eigenvalue weighted by Crippen LogP contribution is -2.29. The molecule has 1 aliphatic heterocycles. The minimum atomic E-state index is -0.757. The van der Waals surface area contributed by atoms with Crippen LogP contribution in [0.2, 0.25) is 10.0 Å². The minimum absolute atomic E-state index is 0.0152. The van der Waals surface area contributed by atoms with Gasteiger partial charge in [-0.3, -0.25) is 14.5 Å². The van der Waals surface area contributed by atoms with Crippen LogP contribution in [0, 0.1) is 0 Å². The van der Waals surface area contributed by atoms with Crippen molar-refractivity contribution in [2.45, 2.75) is 13.0 Å². The summed E-state index contributed by atoms with van der Waals surface area (Å²) < 4.78 is 16.9. The highest BCUT2D eigenvalue weighted by Crippen LogP contribution is 2.43. The van der Waals surface area contributed by atoms with Crippen molar-refractivity contribution in [2.24, 2.45) is 0 Å². The van der Waals surface area contributed by atoms with Crippen LogP contribution >= 0.6 is 23.2 Å². The summed E-state index contributed by atoms with van der Waals surface area (Å²) in [6.45, 7) is 2.37. The lowest BCUT2D eigenvalue weighted by atomic mass is 9.98. The molecular formula is C26H19Cl2NO5. The van der Waals surface area contributed by atoms with Gasteiger partial charge in [0.05, 0.1) is 35.7 Å². The molecule has 0 aliphatic carbocycles. The van der Waals surface area contributed by atoms with Crippen LogP contribution in [0.15, 0.2) is 69.9 Å². The number of carbonyl (C=O) groups is 1. The van der Waals surface area contributed by atoms with Crippen LogP contribution in [0.3, 0.4) is 0 Å². The number of rotatable bonds is 5. The van der Waals surface area contributed by atoms with Crippen LogP contribution in [-0.4, -0.2) is 19.6 Å². The Hall–Kier alpha value is -3.48. The first kappa shape index (κ1) is 22.3. The Morgan fingerprint density at radius 3 is 2.59 bits per heavy atom. The van der Waals surface area contributed by atoms with Gasteiger partial charge in [-0.2, -0.15) is 0 Å². The van der Waals surface area contributed by atoms with E-state index >= 15 is 0 Å². The topological polar surface area (TPSA) is 69.0 Å². The summed E-state index contributed by atoms with van der Waals surface area (Å²) in [4.78, 5) is 28.9. The van der Waals surface area contributed by atoms with Gasteiger partial charge >= 0.3 is 0 Å². The van der Waals surface area contributed by atoms with E-state index in [1.807, 2.05) is 31.2 Å². The van der Waals surface area contributed by atoms with Crippen molar-refractivity contribution in [1.29, 1.82) is 0 Å². The van der Waals surface area contributed by atoms with Gasteiger partial charge in [0.1, 0.15) is 17.1 Å². The molecule has 1 amide bonds. The molecule has 3 aromatic carbocycles. The molecule has 1 atom stereocenters. The normalized spacial score (nSPS) is 15.0. The van der Waals surface area contributed by atoms with E-state index in [4.69, 9.17) is 37.1 Å². The van der Waals surface area contributed by atoms with E-state index in [0.717, 1.165) is 0 Å². The zero-order chi connectivity index (χ0) is 24.0. The maximum atomic E-state index is 13.7. The first-order valence-electron chi connectivity index (χ1n) is 10.6. The lowest BCUT2D eigenvalue weighted by Gasteiger charge is -2.26. The van der Waals surface area contributed by atoms with Gasteiger partial charge in [-0.15, -0.1) is 0 Å². The Labute approximate surface area is 205 Å². The number of benzene rings is 3. The molecule has 0 bridgehead atoms. The fraction of sp³-hybridized carbons (Fsp3) is 0.154. The molecule has 2 heterocycles. The van der Waals surface area contributed by atoms with Crippen LogP contribution in [0.25, 0.3) is 11.0 Å². The van der Waals surface area contributed by atoms with Crippen molar-refractivity contribution in [3.8, 4) is 11.5 Å². The molecule has 0 radical (unpaired) electrons. The van der Waals surface area contributed by atoms with Crippen molar-refractivity contribution in [3.63, 3.8) is 0 Å². The third-order valence-electron chi connectivity index (χ3n) is 5.73. The highest BCUT2D eigenvalue weighted by atomic mass is 35.5. The second-order valence-electron chi connectivity index (χ2n) is 7.72. The molecule has 5 rings (SSSR count). The summed E-state index contributed by atoms with van der Waals surface area (Å²) in [6, 6.07) is 16.3. The maximum Gasteiger partial charge on any atom is 0.295 e. The molecule has 0 saturated heterocycles.